The third-order valence-electron chi connectivity index (χ3n) is 2.95. The third-order valence-corrected chi connectivity index (χ3v) is 4.08. The highest BCUT2D eigenvalue weighted by Gasteiger charge is 2.30. The van der Waals surface area contributed by atoms with Crippen LogP contribution < -0.4 is 0 Å². The fourth-order valence-corrected chi connectivity index (χ4v) is 2.52. The summed E-state index contributed by atoms with van der Waals surface area (Å²) in [6.45, 7) is 3.80. The van der Waals surface area contributed by atoms with Crippen LogP contribution >= 0.6 is 0 Å². The lowest BCUT2D eigenvalue weighted by Crippen LogP contribution is -2.54. The van der Waals surface area contributed by atoms with E-state index in [1.807, 2.05) is 4.90 Å². The second-order valence-electron chi connectivity index (χ2n) is 4.25. The first kappa shape index (κ1) is 15.8. The highest BCUT2D eigenvalue weighted by atomic mass is 32.2. The molecule has 1 fully saturated rings. The Balaban J connectivity index is 2.61. The van der Waals surface area contributed by atoms with Crippen molar-refractivity contribution in [3.05, 3.63) is 0 Å². The second kappa shape index (κ2) is 7.37. The molecule has 108 valence electrons. The standard InChI is InChI=1S/C10H22N2O5S/c1-2-18(15,16)17-12-5-4-11(6-8-14)9-10(12)3-7-13/h10,13-14H,2-9H2,1H3. The van der Waals surface area contributed by atoms with Crippen molar-refractivity contribution in [3.63, 3.8) is 0 Å². The van der Waals surface area contributed by atoms with Crippen LogP contribution in [0.15, 0.2) is 0 Å². The minimum atomic E-state index is -3.52. The average molecular weight is 282 g/mol. The van der Waals surface area contributed by atoms with Gasteiger partial charge < -0.3 is 10.2 Å². The van der Waals surface area contributed by atoms with E-state index in [1.165, 1.54) is 12.0 Å². The van der Waals surface area contributed by atoms with Crippen LogP contribution in [0.4, 0.5) is 0 Å². The van der Waals surface area contributed by atoms with Gasteiger partial charge in [0, 0.05) is 32.8 Å². The summed E-state index contributed by atoms with van der Waals surface area (Å²) < 4.78 is 27.9. The van der Waals surface area contributed by atoms with Gasteiger partial charge in [-0.1, -0.05) is 0 Å². The molecule has 1 heterocycles. The molecule has 0 radical (unpaired) electrons. The van der Waals surface area contributed by atoms with Crippen LogP contribution in [0.2, 0.25) is 0 Å². The Morgan fingerprint density at radius 1 is 1.28 bits per heavy atom. The molecule has 0 aliphatic carbocycles. The Morgan fingerprint density at radius 3 is 2.56 bits per heavy atom. The SMILES string of the molecule is CCS(=O)(=O)ON1CCN(CCO)CC1CCO. The second-order valence-corrected chi connectivity index (χ2v) is 6.09. The van der Waals surface area contributed by atoms with Crippen molar-refractivity contribution in [1.82, 2.24) is 9.96 Å². The summed E-state index contributed by atoms with van der Waals surface area (Å²) in [6, 6.07) is -0.170. The zero-order valence-electron chi connectivity index (χ0n) is 10.7. The Morgan fingerprint density at radius 2 is 2.00 bits per heavy atom. The maximum absolute atomic E-state index is 11.4. The van der Waals surface area contributed by atoms with Crippen LogP contribution in [0.25, 0.3) is 0 Å². The molecule has 0 aromatic carbocycles. The molecule has 1 aliphatic rings. The summed E-state index contributed by atoms with van der Waals surface area (Å²) in [6.07, 6.45) is 0.446. The predicted octanol–water partition coefficient (Wildman–Crippen LogP) is -1.37. The first-order valence-corrected chi connectivity index (χ1v) is 7.73. The van der Waals surface area contributed by atoms with Crippen LogP contribution in [0.5, 0.6) is 0 Å². The number of hydrogen-bond donors (Lipinski definition) is 2. The van der Waals surface area contributed by atoms with Crippen LogP contribution in [-0.4, -0.2) is 79.8 Å². The fourth-order valence-electron chi connectivity index (χ4n) is 1.93. The van der Waals surface area contributed by atoms with Gasteiger partial charge in [-0.15, -0.1) is 0 Å². The van der Waals surface area contributed by atoms with E-state index in [0.717, 1.165) is 0 Å². The predicted molar refractivity (Wildman–Crippen MR) is 66.3 cm³/mol. The van der Waals surface area contributed by atoms with Gasteiger partial charge in [0.25, 0.3) is 10.1 Å². The summed E-state index contributed by atoms with van der Waals surface area (Å²) >= 11 is 0. The van der Waals surface area contributed by atoms with Crippen LogP contribution in [-0.2, 0) is 14.4 Å². The van der Waals surface area contributed by atoms with Gasteiger partial charge in [-0.2, -0.15) is 17.8 Å². The Labute approximate surface area is 108 Å². The van der Waals surface area contributed by atoms with Gasteiger partial charge in [0.15, 0.2) is 0 Å². The van der Waals surface area contributed by atoms with Crippen molar-refractivity contribution < 1.29 is 22.9 Å². The third kappa shape index (κ3) is 4.79. The van der Waals surface area contributed by atoms with E-state index < -0.39 is 10.1 Å². The molecule has 0 aromatic rings. The van der Waals surface area contributed by atoms with Gasteiger partial charge in [0.2, 0.25) is 0 Å². The van der Waals surface area contributed by atoms with Crippen LogP contribution in [0, 0.1) is 0 Å². The van der Waals surface area contributed by atoms with Crippen molar-refractivity contribution in [2.24, 2.45) is 0 Å². The van der Waals surface area contributed by atoms with Gasteiger partial charge in [-0.05, 0) is 13.3 Å². The molecule has 0 spiro atoms. The van der Waals surface area contributed by atoms with Gasteiger partial charge >= 0.3 is 0 Å². The molecule has 1 aliphatic heterocycles. The summed E-state index contributed by atoms with van der Waals surface area (Å²) in [5, 5.41) is 19.3. The zero-order valence-corrected chi connectivity index (χ0v) is 11.5. The van der Waals surface area contributed by atoms with E-state index in [9.17, 15) is 8.42 Å². The maximum atomic E-state index is 11.4. The quantitative estimate of drug-likeness (QED) is 0.595. The Hall–Kier alpha value is -0.250. The molecular weight excluding hydrogens is 260 g/mol. The number of aliphatic hydroxyl groups is 2. The fraction of sp³-hybridized carbons (Fsp3) is 1.00. The van der Waals surface area contributed by atoms with Gasteiger partial charge in [-0.25, -0.2) is 0 Å². The topological polar surface area (TPSA) is 90.3 Å². The molecule has 2 N–H and O–H groups in total. The molecule has 1 unspecified atom stereocenters. The minimum absolute atomic E-state index is 0.0241. The number of piperazine rings is 1. The highest BCUT2D eigenvalue weighted by molar-refractivity contribution is 7.86. The Kier molecular flexibility index (Phi) is 6.47. The molecule has 1 atom stereocenters. The monoisotopic (exact) mass is 282 g/mol. The molecule has 0 bridgehead atoms. The number of β-amino-alcohol motifs (C(OH)–C–C–N with tert-alkyl or cyclic N) is 1. The van der Waals surface area contributed by atoms with Crippen molar-refractivity contribution in [2.75, 3.05) is 45.1 Å². The summed E-state index contributed by atoms with van der Waals surface area (Å²) in [4.78, 5) is 2.03. The van der Waals surface area contributed by atoms with Crippen molar-refractivity contribution in [2.45, 2.75) is 19.4 Å². The number of nitrogens with zero attached hydrogens (tertiary/aromatic N) is 2. The molecule has 18 heavy (non-hydrogen) atoms. The zero-order chi connectivity index (χ0) is 13.6. The van der Waals surface area contributed by atoms with Crippen molar-refractivity contribution >= 4 is 10.1 Å². The maximum Gasteiger partial charge on any atom is 0.283 e. The highest BCUT2D eigenvalue weighted by Crippen LogP contribution is 2.15. The van der Waals surface area contributed by atoms with E-state index in [-0.39, 0.29) is 25.0 Å². The number of hydrogen-bond acceptors (Lipinski definition) is 7. The average Bonchev–Trinajstić information content (AvgIpc) is 2.33. The number of aliphatic hydroxyl groups excluding tert-OH is 2. The molecular formula is C10H22N2O5S. The van der Waals surface area contributed by atoms with Gasteiger partial charge in [0.1, 0.15) is 0 Å². The molecule has 0 saturated carbocycles. The Bertz CT molecular complexity index is 335. The first-order valence-electron chi connectivity index (χ1n) is 6.15. The van der Waals surface area contributed by atoms with Crippen molar-refractivity contribution in [1.29, 1.82) is 0 Å². The van der Waals surface area contributed by atoms with E-state index in [1.54, 1.807) is 0 Å². The lowest BCUT2D eigenvalue weighted by Gasteiger charge is -2.39. The van der Waals surface area contributed by atoms with E-state index in [2.05, 4.69) is 0 Å². The largest absolute Gasteiger partial charge is 0.396 e. The first-order chi connectivity index (χ1) is 8.52. The van der Waals surface area contributed by atoms with Crippen LogP contribution in [0.1, 0.15) is 13.3 Å². The summed E-state index contributed by atoms with van der Waals surface area (Å²) in [5.74, 6) is -0.0737. The molecule has 8 heteroatoms. The summed E-state index contributed by atoms with van der Waals surface area (Å²) in [7, 11) is -3.52. The van der Waals surface area contributed by atoms with E-state index in [4.69, 9.17) is 14.5 Å². The van der Waals surface area contributed by atoms with Crippen molar-refractivity contribution in [3.8, 4) is 0 Å². The molecule has 7 nitrogen and oxygen atoms in total. The normalized spacial score (nSPS) is 23.4. The molecule has 0 amide bonds. The van der Waals surface area contributed by atoms with Crippen LogP contribution in [0.3, 0.4) is 0 Å². The lowest BCUT2D eigenvalue weighted by atomic mass is 10.1. The molecule has 1 rings (SSSR count). The van der Waals surface area contributed by atoms with E-state index >= 15 is 0 Å². The molecule has 1 saturated heterocycles. The van der Waals surface area contributed by atoms with Gasteiger partial charge in [-0.3, -0.25) is 4.90 Å². The lowest BCUT2D eigenvalue weighted by molar-refractivity contribution is -0.128. The van der Waals surface area contributed by atoms with Gasteiger partial charge in [0.05, 0.1) is 18.4 Å². The minimum Gasteiger partial charge on any atom is -0.396 e. The number of hydroxylamine groups is 2. The summed E-state index contributed by atoms with van der Waals surface area (Å²) in [5.41, 5.74) is 0. The number of rotatable bonds is 7. The molecule has 0 aromatic heterocycles. The smallest absolute Gasteiger partial charge is 0.283 e. The van der Waals surface area contributed by atoms with E-state index in [0.29, 0.717) is 32.6 Å².